The minimum Gasteiger partial charge on any atom is -0.468 e. The number of sulfonamides is 1. The molecule has 1 heterocycles. The number of carbonyl (C=O) groups is 2. The molecule has 1 aromatic carbocycles. The average molecular weight is 549 g/mol. The highest BCUT2D eigenvalue weighted by Gasteiger charge is 2.25. The molecule has 0 unspecified atom stereocenters. The molecule has 0 aliphatic rings. The zero-order valence-corrected chi connectivity index (χ0v) is 22.3. The lowest BCUT2D eigenvalue weighted by Gasteiger charge is -2.15. The number of ether oxygens (including phenoxy) is 1. The Kier molecular flexibility index (Phi) is 10.6. The van der Waals surface area contributed by atoms with Crippen LogP contribution < -0.4 is 10.0 Å². The Morgan fingerprint density at radius 1 is 1.15 bits per heavy atom. The van der Waals surface area contributed by atoms with E-state index in [1.807, 2.05) is 6.07 Å². The number of thioether (sulfide) groups is 1. The van der Waals surface area contributed by atoms with Crippen LogP contribution in [0.5, 0.6) is 0 Å². The molecule has 0 spiro atoms. The first-order chi connectivity index (χ1) is 16.0. The van der Waals surface area contributed by atoms with E-state index in [2.05, 4.69) is 14.8 Å². The van der Waals surface area contributed by atoms with Crippen LogP contribution >= 0.6 is 23.1 Å². The lowest BCUT2D eigenvalue weighted by molar-refractivity contribution is -0.142. The molecule has 0 radical (unpaired) electrons. The molecule has 13 heteroatoms. The highest BCUT2D eigenvalue weighted by Crippen LogP contribution is 2.21. The topological polar surface area (TPSA) is 136 Å². The van der Waals surface area contributed by atoms with E-state index in [1.165, 1.54) is 25.3 Å². The van der Waals surface area contributed by atoms with Gasteiger partial charge in [0.05, 0.1) is 16.9 Å². The van der Waals surface area contributed by atoms with Crippen molar-refractivity contribution in [3.05, 3.63) is 46.8 Å². The summed E-state index contributed by atoms with van der Waals surface area (Å²) in [5.74, 6) is 0.357. The zero-order chi connectivity index (χ0) is 25.4. The average Bonchev–Trinajstić information content (AvgIpc) is 3.30. The van der Waals surface area contributed by atoms with Crippen molar-refractivity contribution in [2.75, 3.05) is 25.7 Å². The summed E-state index contributed by atoms with van der Waals surface area (Å²) in [4.78, 5) is 24.3. The van der Waals surface area contributed by atoms with Gasteiger partial charge in [-0.25, -0.2) is 16.8 Å². The van der Waals surface area contributed by atoms with Gasteiger partial charge in [0.2, 0.25) is 10.0 Å². The molecule has 34 heavy (non-hydrogen) atoms. The number of thiophene rings is 1. The van der Waals surface area contributed by atoms with Crippen LogP contribution in [0.2, 0.25) is 0 Å². The van der Waals surface area contributed by atoms with Gasteiger partial charge < -0.3 is 10.1 Å². The normalized spacial score (nSPS) is 12.8. The zero-order valence-electron chi connectivity index (χ0n) is 19.1. The number of carbonyl (C=O) groups excluding carboxylic acids is 2. The number of methoxy groups -OCH3 is 1. The van der Waals surface area contributed by atoms with Crippen molar-refractivity contribution >= 4 is 54.8 Å². The van der Waals surface area contributed by atoms with Crippen LogP contribution in [0.1, 0.15) is 35.0 Å². The SMILES string of the molecule is CC[C@H](NS(=O)(=O)c1cccc(CSCCCNC(=O)c2ccc(S(C)(=O)=O)s2)c1)C(=O)OC. The third-order valence-electron chi connectivity index (χ3n) is 4.59. The molecule has 0 aliphatic heterocycles. The lowest BCUT2D eigenvalue weighted by atomic mass is 10.2. The van der Waals surface area contributed by atoms with E-state index in [0.717, 1.165) is 28.9 Å². The maximum Gasteiger partial charge on any atom is 0.323 e. The molecule has 188 valence electrons. The van der Waals surface area contributed by atoms with Crippen LogP contribution in [0.15, 0.2) is 45.5 Å². The van der Waals surface area contributed by atoms with Crippen molar-refractivity contribution in [1.82, 2.24) is 10.0 Å². The molecule has 0 saturated heterocycles. The van der Waals surface area contributed by atoms with Crippen LogP contribution in [0.4, 0.5) is 0 Å². The summed E-state index contributed by atoms with van der Waals surface area (Å²) < 4.78 is 55.4. The molecule has 1 amide bonds. The molecule has 1 aromatic heterocycles. The number of hydrogen-bond acceptors (Lipinski definition) is 9. The molecule has 2 N–H and O–H groups in total. The minimum absolute atomic E-state index is 0.0737. The maximum absolute atomic E-state index is 12.6. The van der Waals surface area contributed by atoms with Gasteiger partial charge in [-0.05, 0) is 48.4 Å². The standard InChI is InChI=1S/C21H28N2O7S4/c1-4-17(21(25)30-2)23-34(28,29)16-8-5-7-15(13-16)14-31-12-6-11-22-20(24)18-9-10-19(32-18)33(3,26)27/h5,7-10,13,17,23H,4,6,11-12,14H2,1-3H3,(H,22,24)/t17-/m0/s1. The highest BCUT2D eigenvalue weighted by molar-refractivity contribution is 7.98. The minimum atomic E-state index is -3.88. The molecule has 9 nitrogen and oxygen atoms in total. The second kappa shape index (κ2) is 12.7. The summed E-state index contributed by atoms with van der Waals surface area (Å²) in [6.45, 7) is 2.12. The Hall–Kier alpha value is -1.93. The Balaban J connectivity index is 1.80. The Labute approximate surface area is 208 Å². The number of hydrogen-bond donors (Lipinski definition) is 2. The van der Waals surface area contributed by atoms with Crippen molar-refractivity contribution in [3.8, 4) is 0 Å². The van der Waals surface area contributed by atoms with Crippen LogP contribution in [0.25, 0.3) is 0 Å². The van der Waals surface area contributed by atoms with Crippen molar-refractivity contribution in [1.29, 1.82) is 0 Å². The van der Waals surface area contributed by atoms with E-state index in [9.17, 15) is 26.4 Å². The Morgan fingerprint density at radius 2 is 1.88 bits per heavy atom. The van der Waals surface area contributed by atoms with Crippen LogP contribution in [-0.4, -0.2) is 60.4 Å². The number of rotatable bonds is 13. The summed E-state index contributed by atoms with van der Waals surface area (Å²) in [7, 11) is -5.99. The fourth-order valence-corrected chi connectivity index (χ4v) is 6.88. The summed E-state index contributed by atoms with van der Waals surface area (Å²) in [5.41, 5.74) is 0.815. The van der Waals surface area contributed by atoms with E-state index >= 15 is 0 Å². The van der Waals surface area contributed by atoms with E-state index in [0.29, 0.717) is 23.6 Å². The van der Waals surface area contributed by atoms with Gasteiger partial charge in [-0.2, -0.15) is 16.5 Å². The predicted molar refractivity (Wildman–Crippen MR) is 133 cm³/mol. The molecule has 0 aliphatic carbocycles. The third kappa shape index (κ3) is 8.38. The molecular weight excluding hydrogens is 521 g/mol. The molecule has 0 bridgehead atoms. The first-order valence-electron chi connectivity index (χ1n) is 10.3. The number of nitrogens with one attached hydrogen (secondary N) is 2. The number of sulfone groups is 1. The highest BCUT2D eigenvalue weighted by atomic mass is 32.2. The fraction of sp³-hybridized carbons (Fsp3) is 0.429. The Morgan fingerprint density at radius 3 is 2.50 bits per heavy atom. The van der Waals surface area contributed by atoms with Gasteiger partial charge in [-0.1, -0.05) is 19.1 Å². The molecular formula is C21H28N2O7S4. The van der Waals surface area contributed by atoms with Crippen molar-refractivity contribution in [3.63, 3.8) is 0 Å². The van der Waals surface area contributed by atoms with Gasteiger partial charge in [-0.3, -0.25) is 9.59 Å². The third-order valence-corrected chi connectivity index (χ3v) is 10.1. The maximum atomic E-state index is 12.6. The summed E-state index contributed by atoms with van der Waals surface area (Å²) in [6, 6.07) is 8.47. The molecule has 2 aromatic rings. The smallest absolute Gasteiger partial charge is 0.323 e. The summed E-state index contributed by atoms with van der Waals surface area (Å²) in [6.07, 6.45) is 2.06. The largest absolute Gasteiger partial charge is 0.468 e. The van der Waals surface area contributed by atoms with E-state index in [4.69, 9.17) is 0 Å². The second-order valence-electron chi connectivity index (χ2n) is 7.31. The van der Waals surface area contributed by atoms with Gasteiger partial charge in [0.25, 0.3) is 5.91 Å². The van der Waals surface area contributed by atoms with Gasteiger partial charge in [0.1, 0.15) is 10.3 Å². The molecule has 0 fully saturated rings. The van der Waals surface area contributed by atoms with Crippen LogP contribution in [0, 0.1) is 0 Å². The van der Waals surface area contributed by atoms with Crippen molar-refractivity contribution < 1.29 is 31.2 Å². The van der Waals surface area contributed by atoms with Crippen LogP contribution in [-0.2, 0) is 35.1 Å². The van der Waals surface area contributed by atoms with Gasteiger partial charge in [0.15, 0.2) is 9.84 Å². The van der Waals surface area contributed by atoms with Crippen LogP contribution in [0.3, 0.4) is 0 Å². The predicted octanol–water partition coefficient (Wildman–Crippen LogP) is 2.43. The van der Waals surface area contributed by atoms with Crippen molar-refractivity contribution in [2.24, 2.45) is 0 Å². The molecule has 2 rings (SSSR count). The quantitative estimate of drug-likeness (QED) is 0.288. The lowest BCUT2D eigenvalue weighted by Crippen LogP contribution is -2.40. The number of esters is 1. The second-order valence-corrected chi connectivity index (χ2v) is 13.5. The first-order valence-corrected chi connectivity index (χ1v) is 15.7. The van der Waals surface area contributed by atoms with Gasteiger partial charge in [0, 0.05) is 18.6 Å². The van der Waals surface area contributed by atoms with Crippen molar-refractivity contribution in [2.45, 2.75) is 40.7 Å². The van der Waals surface area contributed by atoms with Gasteiger partial charge >= 0.3 is 5.97 Å². The first kappa shape index (κ1) is 28.3. The number of benzene rings is 1. The molecule has 1 atom stereocenters. The fourth-order valence-electron chi connectivity index (χ4n) is 2.79. The van der Waals surface area contributed by atoms with E-state index in [-0.39, 0.29) is 21.4 Å². The van der Waals surface area contributed by atoms with E-state index < -0.39 is 31.9 Å². The monoisotopic (exact) mass is 548 g/mol. The molecule has 0 saturated carbocycles. The van der Waals surface area contributed by atoms with E-state index in [1.54, 1.807) is 30.8 Å². The van der Waals surface area contributed by atoms with Gasteiger partial charge in [-0.15, -0.1) is 11.3 Å². The summed E-state index contributed by atoms with van der Waals surface area (Å²) >= 11 is 2.53. The Bertz CT molecular complexity index is 1210. The summed E-state index contributed by atoms with van der Waals surface area (Å²) in [5, 5.41) is 2.77. The number of amides is 1.